The molecule has 3 heterocycles. The number of piperidine rings is 1. The first-order valence-electron chi connectivity index (χ1n) is 9.65. The van der Waals surface area contributed by atoms with Crippen LogP contribution in [-0.4, -0.2) is 39.9 Å². The van der Waals surface area contributed by atoms with E-state index in [9.17, 15) is 9.59 Å². The van der Waals surface area contributed by atoms with E-state index in [4.69, 9.17) is 4.52 Å². The van der Waals surface area contributed by atoms with Crippen LogP contribution in [0.15, 0.2) is 59.3 Å². The van der Waals surface area contributed by atoms with E-state index in [-0.39, 0.29) is 23.5 Å². The molecular formula is C22H22N4O3. The highest BCUT2D eigenvalue weighted by molar-refractivity contribution is 5.95. The molecule has 1 fully saturated rings. The van der Waals surface area contributed by atoms with E-state index < -0.39 is 0 Å². The van der Waals surface area contributed by atoms with Gasteiger partial charge in [-0.2, -0.15) is 0 Å². The van der Waals surface area contributed by atoms with E-state index in [1.807, 2.05) is 43.3 Å². The average molecular weight is 390 g/mol. The van der Waals surface area contributed by atoms with Gasteiger partial charge >= 0.3 is 0 Å². The Labute approximate surface area is 168 Å². The lowest BCUT2D eigenvalue weighted by molar-refractivity contribution is -0.121. The Hall–Kier alpha value is -3.48. The number of aryl methyl sites for hydroxylation is 1. The van der Waals surface area contributed by atoms with E-state index in [0.29, 0.717) is 24.6 Å². The molecule has 7 nitrogen and oxygen atoms in total. The summed E-state index contributed by atoms with van der Waals surface area (Å²) in [6, 6.07) is 14.9. The molecule has 0 radical (unpaired) electrons. The van der Waals surface area contributed by atoms with Gasteiger partial charge in [-0.3, -0.25) is 9.59 Å². The molecule has 1 aromatic carbocycles. The quantitative estimate of drug-likeness (QED) is 0.736. The lowest BCUT2D eigenvalue weighted by Gasteiger charge is -2.31. The zero-order chi connectivity index (χ0) is 20.2. The van der Waals surface area contributed by atoms with Gasteiger partial charge < -0.3 is 14.7 Å². The number of amides is 2. The summed E-state index contributed by atoms with van der Waals surface area (Å²) < 4.78 is 5.28. The van der Waals surface area contributed by atoms with Crippen molar-refractivity contribution >= 4 is 17.6 Å². The zero-order valence-corrected chi connectivity index (χ0v) is 16.2. The fourth-order valence-corrected chi connectivity index (χ4v) is 3.42. The number of carbonyl (C=O) groups excluding carboxylic acids is 2. The van der Waals surface area contributed by atoms with Crippen molar-refractivity contribution in [2.75, 3.05) is 18.4 Å². The highest BCUT2D eigenvalue weighted by Gasteiger charge is 2.30. The molecule has 3 aromatic rings. The monoisotopic (exact) mass is 390 g/mol. The van der Waals surface area contributed by atoms with Crippen molar-refractivity contribution in [2.45, 2.75) is 19.8 Å². The maximum absolute atomic E-state index is 12.9. The summed E-state index contributed by atoms with van der Waals surface area (Å²) in [5, 5.41) is 6.85. The van der Waals surface area contributed by atoms with Crippen LogP contribution in [0.4, 0.5) is 5.82 Å². The van der Waals surface area contributed by atoms with Gasteiger partial charge in [0.05, 0.1) is 5.92 Å². The minimum atomic E-state index is -0.285. The number of rotatable bonds is 4. The van der Waals surface area contributed by atoms with Crippen molar-refractivity contribution in [3.63, 3.8) is 0 Å². The van der Waals surface area contributed by atoms with Crippen molar-refractivity contribution in [3.05, 3.63) is 66.1 Å². The highest BCUT2D eigenvalue weighted by atomic mass is 16.5. The first-order valence-corrected chi connectivity index (χ1v) is 9.65. The number of pyridine rings is 1. The van der Waals surface area contributed by atoms with Crippen molar-refractivity contribution in [1.82, 2.24) is 15.0 Å². The molecule has 7 heteroatoms. The van der Waals surface area contributed by atoms with Gasteiger partial charge in [-0.1, -0.05) is 41.6 Å². The molecule has 2 amide bonds. The van der Waals surface area contributed by atoms with E-state index in [1.165, 1.54) is 0 Å². The van der Waals surface area contributed by atoms with E-state index in [1.54, 1.807) is 23.2 Å². The lowest BCUT2D eigenvalue weighted by Crippen LogP contribution is -2.43. The van der Waals surface area contributed by atoms with Crippen LogP contribution >= 0.6 is 0 Å². The second kappa shape index (κ2) is 8.26. The van der Waals surface area contributed by atoms with Gasteiger partial charge in [-0.15, -0.1) is 0 Å². The molecular weight excluding hydrogens is 368 g/mol. The van der Waals surface area contributed by atoms with Crippen LogP contribution in [0.3, 0.4) is 0 Å². The first kappa shape index (κ1) is 18.9. The number of nitrogens with one attached hydrogen (secondary N) is 1. The standard InChI is InChI=1S/C22H22N4O3/c1-15-9-10-20(23-13-15)24-21(27)17-8-5-11-26(14-17)22(28)19-12-18(25-29-19)16-6-3-2-4-7-16/h2-4,6-7,9-10,12-13,17H,5,8,11,14H2,1H3,(H,23,24,27). The SMILES string of the molecule is Cc1ccc(NC(=O)C2CCCN(C(=O)c3cc(-c4ccccc4)no3)C2)nc1. The minimum Gasteiger partial charge on any atom is -0.350 e. The van der Waals surface area contributed by atoms with Crippen molar-refractivity contribution in [3.8, 4) is 11.3 Å². The molecule has 1 aliphatic heterocycles. The van der Waals surface area contributed by atoms with E-state index >= 15 is 0 Å². The Balaban J connectivity index is 1.41. The molecule has 0 spiro atoms. The molecule has 1 saturated heterocycles. The average Bonchev–Trinajstić information content (AvgIpc) is 3.26. The Kier molecular flexibility index (Phi) is 5.37. The Morgan fingerprint density at radius 3 is 2.76 bits per heavy atom. The van der Waals surface area contributed by atoms with E-state index in [0.717, 1.165) is 24.0 Å². The molecule has 148 valence electrons. The largest absolute Gasteiger partial charge is 0.350 e. The predicted octanol–water partition coefficient (Wildman–Crippen LogP) is 3.54. The fraction of sp³-hybridized carbons (Fsp3) is 0.273. The smallest absolute Gasteiger partial charge is 0.292 e. The topological polar surface area (TPSA) is 88.3 Å². The number of nitrogens with zero attached hydrogens (tertiary/aromatic N) is 3. The third-order valence-electron chi connectivity index (χ3n) is 5.03. The maximum Gasteiger partial charge on any atom is 0.292 e. The summed E-state index contributed by atoms with van der Waals surface area (Å²) in [7, 11) is 0. The minimum absolute atomic E-state index is 0.124. The summed E-state index contributed by atoms with van der Waals surface area (Å²) in [4.78, 5) is 31.3. The molecule has 0 saturated carbocycles. The molecule has 0 aliphatic carbocycles. The molecule has 4 rings (SSSR count). The van der Waals surface area contributed by atoms with Crippen LogP contribution in [0.5, 0.6) is 0 Å². The van der Waals surface area contributed by atoms with Gasteiger partial charge in [0.15, 0.2) is 0 Å². The third kappa shape index (κ3) is 4.34. The predicted molar refractivity (Wildman–Crippen MR) is 108 cm³/mol. The zero-order valence-electron chi connectivity index (χ0n) is 16.2. The van der Waals surface area contributed by atoms with Gasteiger partial charge in [0.2, 0.25) is 11.7 Å². The lowest BCUT2D eigenvalue weighted by atomic mass is 9.97. The Bertz CT molecular complexity index is 998. The van der Waals surface area contributed by atoms with Crippen LogP contribution in [0, 0.1) is 12.8 Å². The number of hydrogen-bond donors (Lipinski definition) is 1. The number of hydrogen-bond acceptors (Lipinski definition) is 5. The molecule has 2 aromatic heterocycles. The summed E-state index contributed by atoms with van der Waals surface area (Å²) in [6.07, 6.45) is 3.19. The van der Waals surface area contributed by atoms with Gasteiger partial charge in [0.25, 0.3) is 5.91 Å². The molecule has 1 N–H and O–H groups in total. The first-order chi connectivity index (χ1) is 14.1. The van der Waals surface area contributed by atoms with Crippen LogP contribution in [0.25, 0.3) is 11.3 Å². The van der Waals surface area contributed by atoms with Gasteiger partial charge in [0, 0.05) is 30.9 Å². The Morgan fingerprint density at radius 2 is 2.00 bits per heavy atom. The third-order valence-corrected chi connectivity index (χ3v) is 5.03. The van der Waals surface area contributed by atoms with Crippen molar-refractivity contribution < 1.29 is 14.1 Å². The second-order valence-corrected chi connectivity index (χ2v) is 7.24. The number of anilines is 1. The van der Waals surface area contributed by atoms with Gasteiger partial charge in [-0.05, 0) is 31.4 Å². The van der Waals surface area contributed by atoms with Crippen LogP contribution < -0.4 is 5.32 Å². The summed E-state index contributed by atoms with van der Waals surface area (Å²) in [6.45, 7) is 2.88. The number of benzene rings is 1. The summed E-state index contributed by atoms with van der Waals surface area (Å²) in [5.41, 5.74) is 2.53. The van der Waals surface area contributed by atoms with E-state index in [2.05, 4.69) is 15.5 Å². The van der Waals surface area contributed by atoms with Gasteiger partial charge in [0.1, 0.15) is 11.5 Å². The summed E-state index contributed by atoms with van der Waals surface area (Å²) >= 11 is 0. The van der Waals surface area contributed by atoms with Crippen LogP contribution in [-0.2, 0) is 4.79 Å². The fourth-order valence-electron chi connectivity index (χ4n) is 3.42. The van der Waals surface area contributed by atoms with Crippen LogP contribution in [0.2, 0.25) is 0 Å². The molecule has 29 heavy (non-hydrogen) atoms. The Morgan fingerprint density at radius 1 is 1.17 bits per heavy atom. The van der Waals surface area contributed by atoms with Gasteiger partial charge in [-0.25, -0.2) is 4.98 Å². The number of aromatic nitrogens is 2. The normalized spacial score (nSPS) is 16.4. The molecule has 1 unspecified atom stereocenters. The van der Waals surface area contributed by atoms with Crippen molar-refractivity contribution in [1.29, 1.82) is 0 Å². The number of likely N-dealkylation sites (tertiary alicyclic amines) is 1. The molecule has 0 bridgehead atoms. The molecule has 1 aliphatic rings. The van der Waals surface area contributed by atoms with Crippen LogP contribution in [0.1, 0.15) is 29.0 Å². The van der Waals surface area contributed by atoms with Crippen molar-refractivity contribution in [2.24, 2.45) is 5.92 Å². The summed E-state index contributed by atoms with van der Waals surface area (Å²) in [5.74, 6) is 0.0521. The second-order valence-electron chi connectivity index (χ2n) is 7.24. The maximum atomic E-state index is 12.9. The highest BCUT2D eigenvalue weighted by Crippen LogP contribution is 2.23. The molecule has 1 atom stereocenters. The number of carbonyl (C=O) groups is 2.